The average Bonchev–Trinajstić information content (AvgIpc) is 2.05. The molecule has 0 bridgehead atoms. The van der Waals surface area contributed by atoms with Gasteiger partial charge in [-0.25, -0.2) is 0 Å². The van der Waals surface area contributed by atoms with E-state index >= 15 is 0 Å². The molecule has 0 fully saturated rings. The predicted octanol–water partition coefficient (Wildman–Crippen LogP) is 4.48. The molecule has 0 amide bonds. The van der Waals surface area contributed by atoms with Gasteiger partial charge in [-0.3, -0.25) is 0 Å². The van der Waals surface area contributed by atoms with Crippen LogP contribution in [0, 0.1) is 0 Å². The fourth-order valence-corrected chi connectivity index (χ4v) is 1.32. The Labute approximate surface area is 77.4 Å². The fraction of sp³-hybridized carbons (Fsp3) is 0.667. The van der Waals surface area contributed by atoms with E-state index in [1.54, 1.807) is 5.57 Å². The summed E-state index contributed by atoms with van der Waals surface area (Å²) in [6.45, 7) is 8.76. The second kappa shape index (κ2) is 7.15. The Morgan fingerprint density at radius 3 is 1.92 bits per heavy atom. The zero-order chi connectivity index (χ0) is 9.40. The summed E-state index contributed by atoms with van der Waals surface area (Å²) < 4.78 is 0. The van der Waals surface area contributed by atoms with Gasteiger partial charge in [0.2, 0.25) is 0 Å². The topological polar surface area (TPSA) is 0 Å². The van der Waals surface area contributed by atoms with Crippen LogP contribution in [0.4, 0.5) is 0 Å². The van der Waals surface area contributed by atoms with Crippen molar-refractivity contribution in [2.45, 2.75) is 53.4 Å². The quantitative estimate of drug-likeness (QED) is 0.528. The summed E-state index contributed by atoms with van der Waals surface area (Å²) in [7, 11) is 0. The molecule has 0 aromatic heterocycles. The summed E-state index contributed by atoms with van der Waals surface area (Å²) in [4.78, 5) is 0. The van der Waals surface area contributed by atoms with Crippen LogP contribution in [-0.2, 0) is 0 Å². The van der Waals surface area contributed by atoms with Gasteiger partial charge in [0.15, 0.2) is 0 Å². The molecule has 0 saturated carbocycles. The van der Waals surface area contributed by atoms with Crippen molar-refractivity contribution in [1.29, 1.82) is 0 Å². The smallest absolute Gasteiger partial charge is 0.0320 e. The molecule has 0 aliphatic carbocycles. The van der Waals surface area contributed by atoms with Gasteiger partial charge in [0.1, 0.15) is 0 Å². The van der Waals surface area contributed by atoms with Gasteiger partial charge in [-0.05, 0) is 26.7 Å². The highest BCUT2D eigenvalue weighted by atomic mass is 14.0. The molecule has 0 aliphatic rings. The van der Waals surface area contributed by atoms with Crippen LogP contribution in [0.1, 0.15) is 53.4 Å². The van der Waals surface area contributed by atoms with Crippen LogP contribution < -0.4 is 0 Å². The van der Waals surface area contributed by atoms with E-state index in [0.717, 1.165) is 0 Å². The van der Waals surface area contributed by atoms with Gasteiger partial charge in [-0.1, -0.05) is 50.0 Å². The highest BCUT2D eigenvalue weighted by Crippen LogP contribution is 2.14. The molecule has 0 aliphatic heterocycles. The van der Waals surface area contributed by atoms with E-state index in [1.165, 1.54) is 31.3 Å². The molecule has 0 aromatic rings. The normalized spacial score (nSPS) is 11.5. The molecule has 0 spiro atoms. The molecule has 0 N–H and O–H groups in total. The van der Waals surface area contributed by atoms with Gasteiger partial charge in [-0.15, -0.1) is 0 Å². The molecule has 0 atom stereocenters. The maximum absolute atomic E-state index is 2.34. The van der Waals surface area contributed by atoms with Crippen LogP contribution in [0.2, 0.25) is 0 Å². The largest absolute Gasteiger partial charge is 0.0847 e. The Bertz CT molecular complexity index is 153. The monoisotopic (exact) mass is 166 g/mol. The Kier molecular flexibility index (Phi) is 6.84. The van der Waals surface area contributed by atoms with Crippen molar-refractivity contribution in [3.63, 3.8) is 0 Å². The lowest BCUT2D eigenvalue weighted by Gasteiger charge is -2.03. The SMILES string of the molecule is C/C=C(\C)C=C(CCC)CCC. The van der Waals surface area contributed by atoms with Gasteiger partial charge in [0, 0.05) is 0 Å². The molecule has 0 unspecified atom stereocenters. The van der Waals surface area contributed by atoms with E-state index in [-0.39, 0.29) is 0 Å². The molecule has 0 rings (SSSR count). The van der Waals surface area contributed by atoms with Crippen LogP contribution in [0.5, 0.6) is 0 Å². The summed E-state index contributed by atoms with van der Waals surface area (Å²) in [6, 6.07) is 0. The maximum atomic E-state index is 2.34. The van der Waals surface area contributed by atoms with Gasteiger partial charge < -0.3 is 0 Å². The molecule has 12 heavy (non-hydrogen) atoms. The Morgan fingerprint density at radius 2 is 1.58 bits per heavy atom. The highest BCUT2D eigenvalue weighted by molar-refractivity contribution is 5.21. The first kappa shape index (κ1) is 11.5. The number of rotatable bonds is 5. The van der Waals surface area contributed by atoms with Crippen LogP contribution in [0.15, 0.2) is 23.3 Å². The van der Waals surface area contributed by atoms with Crippen molar-refractivity contribution in [2.24, 2.45) is 0 Å². The summed E-state index contributed by atoms with van der Waals surface area (Å²) in [5.74, 6) is 0. The fourth-order valence-electron chi connectivity index (χ4n) is 1.32. The first-order valence-corrected chi connectivity index (χ1v) is 5.06. The lowest BCUT2D eigenvalue weighted by Crippen LogP contribution is -1.83. The molecular formula is C12H22. The summed E-state index contributed by atoms with van der Waals surface area (Å²) in [5, 5.41) is 0. The Hall–Kier alpha value is -0.520. The molecular weight excluding hydrogens is 144 g/mol. The van der Waals surface area contributed by atoms with E-state index in [1.807, 2.05) is 0 Å². The van der Waals surface area contributed by atoms with Crippen LogP contribution in [0.3, 0.4) is 0 Å². The van der Waals surface area contributed by atoms with Gasteiger partial charge in [0.25, 0.3) is 0 Å². The molecule has 0 heterocycles. The zero-order valence-electron chi connectivity index (χ0n) is 8.98. The van der Waals surface area contributed by atoms with Crippen molar-refractivity contribution in [1.82, 2.24) is 0 Å². The van der Waals surface area contributed by atoms with Crippen molar-refractivity contribution in [2.75, 3.05) is 0 Å². The van der Waals surface area contributed by atoms with Crippen molar-refractivity contribution >= 4 is 0 Å². The predicted molar refractivity (Wildman–Crippen MR) is 57.3 cm³/mol. The van der Waals surface area contributed by atoms with Crippen molar-refractivity contribution < 1.29 is 0 Å². The van der Waals surface area contributed by atoms with Gasteiger partial charge in [-0.2, -0.15) is 0 Å². The van der Waals surface area contributed by atoms with Gasteiger partial charge >= 0.3 is 0 Å². The van der Waals surface area contributed by atoms with Crippen LogP contribution in [0.25, 0.3) is 0 Å². The van der Waals surface area contributed by atoms with E-state index in [9.17, 15) is 0 Å². The lowest BCUT2D eigenvalue weighted by atomic mass is 10.0. The third-order valence-electron chi connectivity index (χ3n) is 2.03. The molecule has 0 heteroatoms. The third kappa shape index (κ3) is 5.17. The molecule has 0 nitrogen and oxygen atoms in total. The minimum Gasteiger partial charge on any atom is -0.0847 e. The Balaban J connectivity index is 4.16. The maximum Gasteiger partial charge on any atom is -0.0320 e. The number of hydrogen-bond donors (Lipinski definition) is 0. The van der Waals surface area contributed by atoms with E-state index in [4.69, 9.17) is 0 Å². The minimum atomic E-state index is 1.26. The van der Waals surface area contributed by atoms with Crippen LogP contribution in [-0.4, -0.2) is 0 Å². The third-order valence-corrected chi connectivity index (χ3v) is 2.03. The summed E-state index contributed by atoms with van der Waals surface area (Å²) >= 11 is 0. The summed E-state index contributed by atoms with van der Waals surface area (Å²) in [6.07, 6.45) is 9.57. The molecule has 0 radical (unpaired) electrons. The first-order valence-electron chi connectivity index (χ1n) is 5.06. The zero-order valence-corrected chi connectivity index (χ0v) is 8.98. The Morgan fingerprint density at radius 1 is 1.08 bits per heavy atom. The van der Waals surface area contributed by atoms with Crippen molar-refractivity contribution in [3.05, 3.63) is 23.3 Å². The standard InChI is InChI=1S/C12H22/c1-5-8-12(9-6-2)10-11(4)7-3/h7,10H,5-6,8-9H2,1-4H3/b11-7+. The van der Waals surface area contributed by atoms with E-state index < -0.39 is 0 Å². The number of allylic oxidation sites excluding steroid dienone is 4. The molecule has 0 aromatic carbocycles. The highest BCUT2D eigenvalue weighted by Gasteiger charge is 1.94. The second-order valence-electron chi connectivity index (χ2n) is 3.34. The summed E-state index contributed by atoms with van der Waals surface area (Å²) in [5.41, 5.74) is 3.00. The lowest BCUT2D eigenvalue weighted by molar-refractivity contribution is 0.802. The minimum absolute atomic E-state index is 1.26. The van der Waals surface area contributed by atoms with E-state index in [2.05, 4.69) is 39.8 Å². The average molecular weight is 166 g/mol. The number of hydrogen-bond acceptors (Lipinski definition) is 0. The molecule has 70 valence electrons. The van der Waals surface area contributed by atoms with Gasteiger partial charge in [0.05, 0.1) is 0 Å². The molecule has 0 saturated heterocycles. The van der Waals surface area contributed by atoms with Crippen LogP contribution >= 0.6 is 0 Å². The first-order chi connectivity index (χ1) is 5.74. The van der Waals surface area contributed by atoms with Crippen molar-refractivity contribution in [3.8, 4) is 0 Å². The second-order valence-corrected chi connectivity index (χ2v) is 3.34. The van der Waals surface area contributed by atoms with E-state index in [0.29, 0.717) is 0 Å².